The molecule has 1 heterocycles. The summed E-state index contributed by atoms with van der Waals surface area (Å²) in [6, 6.07) is 3.94. The van der Waals surface area contributed by atoms with Crippen LogP contribution < -0.4 is 11.1 Å². The van der Waals surface area contributed by atoms with Crippen molar-refractivity contribution >= 4 is 5.91 Å². The fraction of sp³-hybridized carbons (Fsp3) is 0.571. The predicted octanol–water partition coefficient (Wildman–Crippen LogP) is 1.78. The van der Waals surface area contributed by atoms with Gasteiger partial charge in [-0.1, -0.05) is 26.8 Å². The van der Waals surface area contributed by atoms with Gasteiger partial charge in [0.05, 0.1) is 17.8 Å². The second-order valence-corrected chi connectivity index (χ2v) is 4.51. The molecule has 3 N–H and O–H groups in total. The summed E-state index contributed by atoms with van der Waals surface area (Å²) in [5.41, 5.74) is 7.36. The van der Waals surface area contributed by atoms with Gasteiger partial charge in [-0.3, -0.25) is 9.78 Å². The fourth-order valence-electron chi connectivity index (χ4n) is 1.86. The van der Waals surface area contributed by atoms with E-state index in [1.54, 1.807) is 6.20 Å². The Morgan fingerprint density at radius 1 is 1.39 bits per heavy atom. The van der Waals surface area contributed by atoms with E-state index >= 15 is 0 Å². The van der Waals surface area contributed by atoms with Crippen LogP contribution in [0.25, 0.3) is 0 Å². The molecule has 1 amide bonds. The lowest BCUT2D eigenvalue weighted by Gasteiger charge is -2.25. The van der Waals surface area contributed by atoms with E-state index in [2.05, 4.69) is 17.2 Å². The van der Waals surface area contributed by atoms with Crippen molar-refractivity contribution in [1.29, 1.82) is 0 Å². The Bertz CT molecular complexity index is 400. The second-order valence-electron chi connectivity index (χ2n) is 4.51. The third-order valence-corrected chi connectivity index (χ3v) is 3.50. The number of nitrogens with one attached hydrogen (secondary N) is 1. The summed E-state index contributed by atoms with van der Waals surface area (Å²) in [6.45, 7) is 6.39. The van der Waals surface area contributed by atoms with Gasteiger partial charge in [-0.25, -0.2) is 0 Å². The number of hydrogen-bond acceptors (Lipinski definition) is 3. The SMILES string of the molecule is CCc1cccnc1CNC(=O)C(N)(CC)CC. The average Bonchev–Trinajstić information content (AvgIpc) is 2.43. The van der Waals surface area contributed by atoms with Crippen LogP contribution in [0.5, 0.6) is 0 Å². The maximum atomic E-state index is 12.0. The van der Waals surface area contributed by atoms with Gasteiger partial charge in [-0.05, 0) is 30.9 Å². The Hall–Kier alpha value is -1.42. The maximum absolute atomic E-state index is 12.0. The van der Waals surface area contributed by atoms with Gasteiger partial charge < -0.3 is 11.1 Å². The highest BCUT2D eigenvalue weighted by Crippen LogP contribution is 2.12. The molecule has 0 aliphatic heterocycles. The number of carbonyl (C=O) groups excluding carboxylic acids is 1. The van der Waals surface area contributed by atoms with E-state index in [0.717, 1.165) is 17.7 Å². The quantitative estimate of drug-likeness (QED) is 0.807. The summed E-state index contributed by atoms with van der Waals surface area (Å²) in [5.74, 6) is -0.0970. The highest BCUT2D eigenvalue weighted by atomic mass is 16.2. The molecule has 0 unspecified atom stereocenters. The van der Waals surface area contributed by atoms with E-state index in [1.807, 2.05) is 26.0 Å². The molecule has 0 bridgehead atoms. The molecule has 100 valence electrons. The van der Waals surface area contributed by atoms with Gasteiger partial charge in [0.25, 0.3) is 0 Å². The Kier molecular flexibility index (Phi) is 5.28. The van der Waals surface area contributed by atoms with E-state index in [-0.39, 0.29) is 5.91 Å². The Labute approximate surface area is 109 Å². The monoisotopic (exact) mass is 249 g/mol. The molecule has 0 spiro atoms. The molecule has 4 heteroatoms. The van der Waals surface area contributed by atoms with E-state index < -0.39 is 5.54 Å². The van der Waals surface area contributed by atoms with Crippen LogP contribution in [0.1, 0.15) is 44.9 Å². The summed E-state index contributed by atoms with van der Waals surface area (Å²) in [7, 11) is 0. The van der Waals surface area contributed by atoms with Crippen molar-refractivity contribution in [2.45, 2.75) is 52.1 Å². The zero-order valence-corrected chi connectivity index (χ0v) is 11.5. The Morgan fingerprint density at radius 2 is 2.06 bits per heavy atom. The summed E-state index contributed by atoms with van der Waals surface area (Å²) >= 11 is 0. The predicted molar refractivity (Wildman–Crippen MR) is 73.0 cm³/mol. The highest BCUT2D eigenvalue weighted by molar-refractivity contribution is 5.85. The minimum atomic E-state index is -0.763. The van der Waals surface area contributed by atoms with E-state index in [0.29, 0.717) is 19.4 Å². The van der Waals surface area contributed by atoms with Crippen molar-refractivity contribution in [2.24, 2.45) is 5.73 Å². The molecule has 0 aliphatic carbocycles. The van der Waals surface area contributed by atoms with Crippen LogP contribution in [0.2, 0.25) is 0 Å². The molecule has 0 saturated carbocycles. The first kappa shape index (κ1) is 14.6. The van der Waals surface area contributed by atoms with Crippen molar-refractivity contribution in [1.82, 2.24) is 10.3 Å². The van der Waals surface area contributed by atoms with Crippen molar-refractivity contribution in [3.05, 3.63) is 29.6 Å². The van der Waals surface area contributed by atoms with Crippen LogP contribution in [0.3, 0.4) is 0 Å². The van der Waals surface area contributed by atoms with Crippen LogP contribution >= 0.6 is 0 Å². The standard InChI is InChI=1S/C14H23N3O/c1-4-11-8-7-9-16-12(11)10-17-13(18)14(15,5-2)6-3/h7-9H,4-6,10,15H2,1-3H3,(H,17,18). The summed E-state index contributed by atoms with van der Waals surface area (Å²) < 4.78 is 0. The number of hydrogen-bond donors (Lipinski definition) is 2. The fourth-order valence-corrected chi connectivity index (χ4v) is 1.86. The molecule has 1 aromatic heterocycles. The lowest BCUT2D eigenvalue weighted by molar-refractivity contribution is -0.126. The zero-order chi connectivity index (χ0) is 13.6. The smallest absolute Gasteiger partial charge is 0.240 e. The Balaban J connectivity index is 2.68. The van der Waals surface area contributed by atoms with Crippen LogP contribution in [-0.2, 0) is 17.8 Å². The van der Waals surface area contributed by atoms with E-state index in [4.69, 9.17) is 5.73 Å². The number of rotatable bonds is 6. The number of nitrogens with two attached hydrogens (primary N) is 1. The number of carbonyl (C=O) groups is 1. The minimum absolute atomic E-state index is 0.0970. The lowest BCUT2D eigenvalue weighted by Crippen LogP contribution is -2.52. The Morgan fingerprint density at radius 3 is 2.61 bits per heavy atom. The van der Waals surface area contributed by atoms with Gasteiger partial charge in [-0.15, -0.1) is 0 Å². The third kappa shape index (κ3) is 3.29. The lowest BCUT2D eigenvalue weighted by atomic mass is 9.93. The van der Waals surface area contributed by atoms with Gasteiger partial charge in [-0.2, -0.15) is 0 Å². The van der Waals surface area contributed by atoms with Crippen LogP contribution in [0.15, 0.2) is 18.3 Å². The van der Waals surface area contributed by atoms with Crippen molar-refractivity contribution in [2.75, 3.05) is 0 Å². The molecule has 1 rings (SSSR count). The van der Waals surface area contributed by atoms with Gasteiger partial charge in [0.2, 0.25) is 5.91 Å². The second kappa shape index (κ2) is 6.50. The van der Waals surface area contributed by atoms with Crippen molar-refractivity contribution in [3.8, 4) is 0 Å². The normalized spacial score (nSPS) is 11.3. The van der Waals surface area contributed by atoms with Gasteiger partial charge in [0.15, 0.2) is 0 Å². The molecule has 4 nitrogen and oxygen atoms in total. The molecule has 1 aromatic rings. The number of amides is 1. The molecular formula is C14H23N3O. The highest BCUT2D eigenvalue weighted by Gasteiger charge is 2.29. The number of pyridine rings is 1. The number of aromatic nitrogens is 1. The van der Waals surface area contributed by atoms with Crippen molar-refractivity contribution in [3.63, 3.8) is 0 Å². The molecule has 0 atom stereocenters. The molecule has 0 saturated heterocycles. The maximum Gasteiger partial charge on any atom is 0.240 e. The number of aryl methyl sites for hydroxylation is 1. The minimum Gasteiger partial charge on any atom is -0.349 e. The average molecular weight is 249 g/mol. The summed E-state index contributed by atoms with van der Waals surface area (Å²) in [4.78, 5) is 16.3. The van der Waals surface area contributed by atoms with E-state index in [1.165, 1.54) is 0 Å². The molecule has 0 aliphatic rings. The summed E-state index contributed by atoms with van der Waals surface area (Å²) in [5, 5.41) is 2.89. The topological polar surface area (TPSA) is 68.0 Å². The molecular weight excluding hydrogens is 226 g/mol. The van der Waals surface area contributed by atoms with Crippen LogP contribution in [0, 0.1) is 0 Å². The molecule has 18 heavy (non-hydrogen) atoms. The zero-order valence-electron chi connectivity index (χ0n) is 11.5. The first-order valence-corrected chi connectivity index (χ1v) is 6.57. The van der Waals surface area contributed by atoms with Crippen LogP contribution in [-0.4, -0.2) is 16.4 Å². The van der Waals surface area contributed by atoms with Gasteiger partial charge >= 0.3 is 0 Å². The van der Waals surface area contributed by atoms with Gasteiger partial charge in [0, 0.05) is 6.20 Å². The third-order valence-electron chi connectivity index (χ3n) is 3.50. The first-order valence-electron chi connectivity index (χ1n) is 6.57. The molecule has 0 fully saturated rings. The van der Waals surface area contributed by atoms with E-state index in [9.17, 15) is 4.79 Å². The van der Waals surface area contributed by atoms with Crippen LogP contribution in [0.4, 0.5) is 0 Å². The largest absolute Gasteiger partial charge is 0.349 e. The first-order chi connectivity index (χ1) is 8.57. The van der Waals surface area contributed by atoms with Crippen molar-refractivity contribution < 1.29 is 4.79 Å². The molecule has 0 radical (unpaired) electrons. The van der Waals surface area contributed by atoms with Gasteiger partial charge in [0.1, 0.15) is 0 Å². The molecule has 0 aromatic carbocycles. The summed E-state index contributed by atoms with van der Waals surface area (Å²) in [6.07, 6.45) is 3.93. The number of nitrogens with zero attached hydrogens (tertiary/aromatic N) is 1.